The van der Waals surface area contributed by atoms with Gasteiger partial charge in [-0.15, -0.1) is 0 Å². The molecule has 3 heterocycles. The number of hydrogen-bond donors (Lipinski definition) is 1. The van der Waals surface area contributed by atoms with E-state index in [0.717, 1.165) is 18.4 Å². The van der Waals surface area contributed by atoms with Crippen LogP contribution >= 0.6 is 0 Å². The van der Waals surface area contributed by atoms with Crippen LogP contribution < -0.4 is 11.2 Å². The summed E-state index contributed by atoms with van der Waals surface area (Å²) in [6, 6.07) is 5.64. The van der Waals surface area contributed by atoms with Crippen molar-refractivity contribution >= 4 is 16.9 Å². The first-order valence-corrected chi connectivity index (χ1v) is 9.67. The van der Waals surface area contributed by atoms with E-state index in [0.29, 0.717) is 48.4 Å². The summed E-state index contributed by atoms with van der Waals surface area (Å²) in [5.41, 5.74) is 3.30. The number of amides is 1. The van der Waals surface area contributed by atoms with Crippen LogP contribution in [0.25, 0.3) is 11.0 Å². The number of aromatic nitrogens is 4. The van der Waals surface area contributed by atoms with E-state index in [-0.39, 0.29) is 23.2 Å². The minimum atomic E-state index is -0.120. The van der Waals surface area contributed by atoms with Gasteiger partial charge in [-0.1, -0.05) is 0 Å². The molecule has 2 aromatic heterocycles. The standard InChI is InChI=1S/C20H21N5O3/c1-2-23-11-21-16-10-24(8-7-14(16)19(23)27)18(26)12-3-6-17-15(9-12)22-20(28)25(17)13-4-5-13/h3,6,9,11,13H,2,4-5,7-8,10H2,1H3,(H,22,28). The summed E-state index contributed by atoms with van der Waals surface area (Å²) in [6.45, 7) is 3.30. The number of aromatic amines is 1. The molecule has 1 aromatic carbocycles. The molecule has 1 aliphatic heterocycles. The van der Waals surface area contributed by atoms with Crippen LogP contribution in [-0.4, -0.2) is 36.5 Å². The van der Waals surface area contributed by atoms with Crippen LogP contribution in [0.4, 0.5) is 0 Å². The van der Waals surface area contributed by atoms with Crippen LogP contribution in [0.15, 0.2) is 34.1 Å². The summed E-state index contributed by atoms with van der Waals surface area (Å²) in [5, 5.41) is 0. The quantitative estimate of drug-likeness (QED) is 0.745. The number of nitrogens with zero attached hydrogens (tertiary/aromatic N) is 4. The number of rotatable bonds is 3. The van der Waals surface area contributed by atoms with E-state index in [1.807, 2.05) is 13.0 Å². The van der Waals surface area contributed by atoms with Crippen molar-refractivity contribution in [3.05, 3.63) is 62.2 Å². The van der Waals surface area contributed by atoms with Crippen molar-refractivity contribution in [2.24, 2.45) is 0 Å². The van der Waals surface area contributed by atoms with Crippen LogP contribution in [-0.2, 0) is 19.5 Å². The molecule has 0 spiro atoms. The van der Waals surface area contributed by atoms with Crippen molar-refractivity contribution in [3.63, 3.8) is 0 Å². The predicted molar refractivity (Wildman–Crippen MR) is 103 cm³/mol. The highest BCUT2D eigenvalue weighted by Crippen LogP contribution is 2.35. The molecule has 1 fully saturated rings. The summed E-state index contributed by atoms with van der Waals surface area (Å²) in [7, 11) is 0. The molecule has 0 atom stereocenters. The zero-order valence-corrected chi connectivity index (χ0v) is 15.6. The maximum atomic E-state index is 13.0. The summed E-state index contributed by atoms with van der Waals surface area (Å²) in [6.07, 6.45) is 4.10. The molecule has 28 heavy (non-hydrogen) atoms. The summed E-state index contributed by atoms with van der Waals surface area (Å²) in [4.78, 5) is 46.6. The maximum absolute atomic E-state index is 13.0. The average Bonchev–Trinajstić information content (AvgIpc) is 3.48. The zero-order valence-electron chi connectivity index (χ0n) is 15.6. The molecule has 8 nitrogen and oxygen atoms in total. The molecule has 1 saturated carbocycles. The van der Waals surface area contributed by atoms with Crippen LogP contribution in [0, 0.1) is 0 Å². The summed E-state index contributed by atoms with van der Waals surface area (Å²) in [5.74, 6) is -0.117. The average molecular weight is 379 g/mol. The molecule has 0 unspecified atom stereocenters. The number of fused-ring (bicyclic) bond motifs is 2. The molecule has 1 aliphatic carbocycles. The van der Waals surface area contributed by atoms with Crippen molar-refractivity contribution in [2.45, 2.75) is 45.3 Å². The largest absolute Gasteiger partial charge is 0.332 e. The molecule has 144 valence electrons. The van der Waals surface area contributed by atoms with Gasteiger partial charge in [-0.2, -0.15) is 0 Å². The van der Waals surface area contributed by atoms with E-state index in [1.165, 1.54) is 0 Å². The van der Waals surface area contributed by atoms with Crippen LogP contribution in [0.2, 0.25) is 0 Å². The second-order valence-electron chi connectivity index (χ2n) is 7.50. The number of imidazole rings is 1. The minimum Gasteiger partial charge on any atom is -0.332 e. The van der Waals surface area contributed by atoms with E-state index in [2.05, 4.69) is 9.97 Å². The summed E-state index contributed by atoms with van der Waals surface area (Å²) < 4.78 is 3.37. The van der Waals surface area contributed by atoms with Gasteiger partial charge in [0, 0.05) is 30.3 Å². The lowest BCUT2D eigenvalue weighted by atomic mass is 10.0. The lowest BCUT2D eigenvalue weighted by Crippen LogP contribution is -2.40. The fraction of sp³-hybridized carbons (Fsp3) is 0.400. The van der Waals surface area contributed by atoms with E-state index >= 15 is 0 Å². The third-order valence-electron chi connectivity index (χ3n) is 5.70. The van der Waals surface area contributed by atoms with Crippen molar-refractivity contribution in [3.8, 4) is 0 Å². The number of nitrogens with one attached hydrogen (secondary N) is 1. The minimum absolute atomic E-state index is 0.0139. The van der Waals surface area contributed by atoms with Gasteiger partial charge in [0.05, 0.1) is 29.6 Å². The molecule has 1 amide bonds. The van der Waals surface area contributed by atoms with Gasteiger partial charge in [0.2, 0.25) is 0 Å². The topological polar surface area (TPSA) is 93.0 Å². The zero-order chi connectivity index (χ0) is 19.4. The number of hydrogen-bond acceptors (Lipinski definition) is 4. The first-order valence-electron chi connectivity index (χ1n) is 9.67. The number of benzene rings is 1. The second kappa shape index (κ2) is 6.19. The highest BCUT2D eigenvalue weighted by Gasteiger charge is 2.28. The third kappa shape index (κ3) is 2.59. The van der Waals surface area contributed by atoms with Gasteiger partial charge in [-0.25, -0.2) is 9.78 Å². The van der Waals surface area contributed by atoms with Gasteiger partial charge in [0.15, 0.2) is 0 Å². The first kappa shape index (κ1) is 17.0. The van der Waals surface area contributed by atoms with E-state index in [1.54, 1.807) is 32.5 Å². The Labute approximate surface area is 160 Å². The van der Waals surface area contributed by atoms with Gasteiger partial charge in [-0.3, -0.25) is 18.7 Å². The second-order valence-corrected chi connectivity index (χ2v) is 7.50. The van der Waals surface area contributed by atoms with Crippen LogP contribution in [0.1, 0.15) is 47.4 Å². The Hall–Kier alpha value is -3.16. The molecular formula is C20H21N5O3. The SMILES string of the molecule is CCn1cnc2c(c1=O)CCN(C(=O)c1ccc3c(c1)[nH]c(=O)n3C1CC1)C2. The lowest BCUT2D eigenvalue weighted by molar-refractivity contribution is 0.0731. The smallest absolute Gasteiger partial charge is 0.326 e. The van der Waals surface area contributed by atoms with Crippen molar-refractivity contribution in [2.75, 3.05) is 6.54 Å². The third-order valence-corrected chi connectivity index (χ3v) is 5.70. The number of aryl methyl sites for hydroxylation is 1. The van der Waals surface area contributed by atoms with E-state index in [4.69, 9.17) is 0 Å². The van der Waals surface area contributed by atoms with E-state index in [9.17, 15) is 14.4 Å². The van der Waals surface area contributed by atoms with Crippen LogP contribution in [0.5, 0.6) is 0 Å². The molecule has 1 N–H and O–H groups in total. The Bertz CT molecular complexity index is 1210. The van der Waals surface area contributed by atoms with Crippen molar-refractivity contribution < 1.29 is 4.79 Å². The Balaban J connectivity index is 1.45. The molecule has 5 rings (SSSR count). The Morgan fingerprint density at radius 1 is 1.29 bits per heavy atom. The highest BCUT2D eigenvalue weighted by atomic mass is 16.2. The van der Waals surface area contributed by atoms with Crippen molar-refractivity contribution in [1.82, 2.24) is 24.0 Å². The molecule has 0 radical (unpaired) electrons. The monoisotopic (exact) mass is 379 g/mol. The number of carbonyl (C=O) groups excluding carboxylic acids is 1. The normalized spacial score (nSPS) is 16.4. The van der Waals surface area contributed by atoms with Gasteiger partial charge >= 0.3 is 5.69 Å². The molecule has 2 aliphatic rings. The highest BCUT2D eigenvalue weighted by molar-refractivity contribution is 5.97. The lowest BCUT2D eigenvalue weighted by Gasteiger charge is -2.28. The molecule has 8 heteroatoms. The van der Waals surface area contributed by atoms with Crippen molar-refractivity contribution in [1.29, 1.82) is 0 Å². The Morgan fingerprint density at radius 3 is 2.86 bits per heavy atom. The number of carbonyl (C=O) groups is 1. The van der Waals surface area contributed by atoms with Gasteiger partial charge in [0.1, 0.15) is 0 Å². The maximum Gasteiger partial charge on any atom is 0.326 e. The number of H-pyrrole nitrogens is 1. The van der Waals surface area contributed by atoms with Gasteiger partial charge in [0.25, 0.3) is 11.5 Å². The summed E-state index contributed by atoms with van der Waals surface area (Å²) >= 11 is 0. The Kier molecular flexibility index (Phi) is 3.75. The van der Waals surface area contributed by atoms with Gasteiger partial charge < -0.3 is 9.88 Å². The molecule has 0 saturated heterocycles. The predicted octanol–water partition coefficient (Wildman–Crippen LogP) is 1.44. The van der Waals surface area contributed by atoms with Gasteiger partial charge in [-0.05, 0) is 44.4 Å². The molecular weight excluding hydrogens is 358 g/mol. The van der Waals surface area contributed by atoms with E-state index < -0.39 is 0 Å². The molecule has 3 aromatic rings. The fourth-order valence-corrected chi connectivity index (χ4v) is 4.00. The Morgan fingerprint density at radius 2 is 2.11 bits per heavy atom. The first-order chi connectivity index (χ1) is 13.6. The van der Waals surface area contributed by atoms with Crippen LogP contribution in [0.3, 0.4) is 0 Å². The fourth-order valence-electron chi connectivity index (χ4n) is 4.00. The molecule has 0 bridgehead atoms.